The van der Waals surface area contributed by atoms with E-state index in [4.69, 9.17) is 15.2 Å². The van der Waals surface area contributed by atoms with Crippen molar-refractivity contribution in [2.24, 2.45) is 5.73 Å². The van der Waals surface area contributed by atoms with Crippen LogP contribution in [0, 0.1) is 0 Å². The van der Waals surface area contributed by atoms with Gasteiger partial charge >= 0.3 is 0 Å². The molecule has 5 nitrogen and oxygen atoms in total. The van der Waals surface area contributed by atoms with Crippen molar-refractivity contribution in [2.75, 3.05) is 20.3 Å². The molecule has 0 bridgehead atoms. The second kappa shape index (κ2) is 9.08. The predicted molar refractivity (Wildman–Crippen MR) is 98.9 cm³/mol. The smallest absolute Gasteiger partial charge is 0.248 e. The van der Waals surface area contributed by atoms with Gasteiger partial charge in [0.1, 0.15) is 0 Å². The first-order valence-corrected chi connectivity index (χ1v) is 8.48. The summed E-state index contributed by atoms with van der Waals surface area (Å²) in [7, 11) is 1.65. The highest BCUT2D eigenvalue weighted by Crippen LogP contribution is 2.28. The number of rotatable bonds is 9. The molecule has 134 valence electrons. The first-order valence-electron chi connectivity index (χ1n) is 8.48. The van der Waals surface area contributed by atoms with E-state index in [9.17, 15) is 4.79 Å². The predicted octanol–water partition coefficient (Wildman–Crippen LogP) is 3.21. The largest absolute Gasteiger partial charge is 0.493 e. The molecule has 0 saturated heterocycles. The number of primary amides is 1. The summed E-state index contributed by atoms with van der Waals surface area (Å²) in [5, 5.41) is 0. The zero-order valence-electron chi connectivity index (χ0n) is 15.1. The van der Waals surface area contributed by atoms with Crippen LogP contribution in [0.4, 0.5) is 0 Å². The number of ether oxygens (including phenoxy) is 2. The highest BCUT2D eigenvalue weighted by Gasteiger charge is 2.10. The van der Waals surface area contributed by atoms with Gasteiger partial charge in [-0.2, -0.15) is 0 Å². The van der Waals surface area contributed by atoms with Gasteiger partial charge in [0.15, 0.2) is 11.5 Å². The summed E-state index contributed by atoms with van der Waals surface area (Å²) in [4.78, 5) is 13.5. The lowest BCUT2D eigenvalue weighted by molar-refractivity contribution is 0.100. The van der Waals surface area contributed by atoms with Crippen LogP contribution in [-0.4, -0.2) is 31.1 Å². The number of nitrogens with zero attached hydrogens (tertiary/aromatic N) is 1. The third-order valence-corrected chi connectivity index (χ3v) is 4.03. The zero-order chi connectivity index (χ0) is 18.2. The maximum atomic E-state index is 11.2. The maximum Gasteiger partial charge on any atom is 0.248 e. The van der Waals surface area contributed by atoms with Gasteiger partial charge in [-0.05, 0) is 48.9 Å². The Labute approximate surface area is 149 Å². The summed E-state index contributed by atoms with van der Waals surface area (Å²) < 4.78 is 11.0. The van der Waals surface area contributed by atoms with Crippen molar-refractivity contribution in [3.8, 4) is 11.5 Å². The van der Waals surface area contributed by atoms with E-state index >= 15 is 0 Å². The lowest BCUT2D eigenvalue weighted by Gasteiger charge is -2.21. The molecular formula is C20H26N2O3. The van der Waals surface area contributed by atoms with E-state index < -0.39 is 5.91 Å². The molecule has 25 heavy (non-hydrogen) atoms. The topological polar surface area (TPSA) is 64.8 Å². The van der Waals surface area contributed by atoms with Crippen LogP contribution in [0.3, 0.4) is 0 Å². The Balaban J connectivity index is 2.07. The van der Waals surface area contributed by atoms with Crippen LogP contribution in [0.25, 0.3) is 0 Å². The van der Waals surface area contributed by atoms with E-state index in [2.05, 4.69) is 17.9 Å². The highest BCUT2D eigenvalue weighted by molar-refractivity contribution is 5.92. The molecular weight excluding hydrogens is 316 g/mol. The Morgan fingerprint density at radius 1 is 1.00 bits per heavy atom. The molecule has 1 amide bonds. The molecule has 0 aliphatic rings. The van der Waals surface area contributed by atoms with Crippen molar-refractivity contribution in [3.63, 3.8) is 0 Å². The lowest BCUT2D eigenvalue weighted by atomic mass is 10.1. The van der Waals surface area contributed by atoms with Crippen molar-refractivity contribution in [3.05, 3.63) is 59.2 Å². The van der Waals surface area contributed by atoms with Gasteiger partial charge in [0.25, 0.3) is 0 Å². The number of amides is 1. The van der Waals surface area contributed by atoms with Crippen molar-refractivity contribution in [2.45, 2.75) is 26.9 Å². The number of carbonyl (C=O) groups excluding carboxylic acids is 1. The summed E-state index contributed by atoms with van der Waals surface area (Å²) >= 11 is 0. The van der Waals surface area contributed by atoms with Crippen LogP contribution >= 0.6 is 0 Å². The molecule has 2 rings (SSSR count). The van der Waals surface area contributed by atoms with Gasteiger partial charge in [-0.1, -0.05) is 25.1 Å². The molecule has 0 heterocycles. The Bertz CT molecular complexity index is 699. The minimum Gasteiger partial charge on any atom is -0.493 e. The Hall–Kier alpha value is -2.53. The molecule has 0 aliphatic carbocycles. The molecule has 2 aromatic carbocycles. The van der Waals surface area contributed by atoms with Crippen LogP contribution in [0.1, 0.15) is 35.3 Å². The molecule has 0 aromatic heterocycles. The number of hydrogen-bond acceptors (Lipinski definition) is 4. The van der Waals surface area contributed by atoms with Crippen LogP contribution < -0.4 is 15.2 Å². The molecule has 0 spiro atoms. The van der Waals surface area contributed by atoms with Crippen LogP contribution in [0.2, 0.25) is 0 Å². The Morgan fingerprint density at radius 2 is 1.64 bits per heavy atom. The molecule has 0 atom stereocenters. The van der Waals surface area contributed by atoms with Gasteiger partial charge < -0.3 is 15.2 Å². The van der Waals surface area contributed by atoms with Gasteiger partial charge in [0, 0.05) is 18.7 Å². The van der Waals surface area contributed by atoms with E-state index in [-0.39, 0.29) is 0 Å². The first-order chi connectivity index (χ1) is 12.1. The SMILES string of the molecule is CCOc1ccc(CN(CC)Cc2ccc(C(N)=O)cc2)cc1OC. The normalized spacial score (nSPS) is 10.7. The first kappa shape index (κ1) is 18.8. The standard InChI is InChI=1S/C20H26N2O3/c1-4-22(13-15-6-9-17(10-7-15)20(21)23)14-16-8-11-18(25-5-2)19(12-16)24-3/h6-12H,4-5,13-14H2,1-3H3,(H2,21,23). The van der Waals surface area contributed by atoms with Crippen LogP contribution in [-0.2, 0) is 13.1 Å². The van der Waals surface area contributed by atoms with Gasteiger partial charge in [-0.3, -0.25) is 9.69 Å². The number of nitrogens with two attached hydrogens (primary N) is 1. The summed E-state index contributed by atoms with van der Waals surface area (Å²) in [6.07, 6.45) is 0. The average molecular weight is 342 g/mol. The number of benzene rings is 2. The minimum absolute atomic E-state index is 0.402. The van der Waals surface area contributed by atoms with E-state index in [1.807, 2.05) is 31.2 Å². The number of carbonyl (C=O) groups is 1. The molecule has 2 aromatic rings. The molecule has 5 heteroatoms. The fourth-order valence-electron chi connectivity index (χ4n) is 2.66. The quantitative estimate of drug-likeness (QED) is 0.760. The summed E-state index contributed by atoms with van der Waals surface area (Å²) in [5.41, 5.74) is 8.12. The summed E-state index contributed by atoms with van der Waals surface area (Å²) in [5.74, 6) is 1.11. The third kappa shape index (κ3) is 5.22. The van der Waals surface area contributed by atoms with E-state index in [1.54, 1.807) is 19.2 Å². The molecule has 0 fully saturated rings. The molecule has 0 saturated carbocycles. The van der Waals surface area contributed by atoms with E-state index in [0.717, 1.165) is 42.3 Å². The van der Waals surface area contributed by atoms with Crippen LogP contribution in [0.5, 0.6) is 11.5 Å². The fraction of sp³-hybridized carbons (Fsp3) is 0.350. The maximum absolute atomic E-state index is 11.2. The third-order valence-electron chi connectivity index (χ3n) is 4.03. The zero-order valence-corrected chi connectivity index (χ0v) is 15.1. The summed E-state index contributed by atoms with van der Waals surface area (Å²) in [6, 6.07) is 13.5. The molecule has 0 aliphatic heterocycles. The lowest BCUT2D eigenvalue weighted by Crippen LogP contribution is -2.22. The molecule has 0 radical (unpaired) electrons. The minimum atomic E-state index is -0.402. The molecule has 0 unspecified atom stereocenters. The van der Waals surface area contributed by atoms with E-state index in [1.165, 1.54) is 0 Å². The van der Waals surface area contributed by atoms with Crippen molar-refractivity contribution < 1.29 is 14.3 Å². The second-order valence-electron chi connectivity index (χ2n) is 5.78. The number of hydrogen-bond donors (Lipinski definition) is 1. The summed E-state index contributed by atoms with van der Waals surface area (Å²) in [6.45, 7) is 7.20. The van der Waals surface area contributed by atoms with Gasteiger partial charge in [-0.15, -0.1) is 0 Å². The van der Waals surface area contributed by atoms with Crippen molar-refractivity contribution in [1.29, 1.82) is 0 Å². The Morgan fingerprint density at radius 3 is 2.20 bits per heavy atom. The average Bonchev–Trinajstić information content (AvgIpc) is 2.63. The number of methoxy groups -OCH3 is 1. The van der Waals surface area contributed by atoms with Gasteiger partial charge in [-0.25, -0.2) is 0 Å². The fourth-order valence-corrected chi connectivity index (χ4v) is 2.66. The molecule has 2 N–H and O–H groups in total. The van der Waals surface area contributed by atoms with Crippen molar-refractivity contribution in [1.82, 2.24) is 4.90 Å². The van der Waals surface area contributed by atoms with Gasteiger partial charge in [0.05, 0.1) is 13.7 Å². The van der Waals surface area contributed by atoms with Crippen molar-refractivity contribution >= 4 is 5.91 Å². The van der Waals surface area contributed by atoms with Gasteiger partial charge in [0.2, 0.25) is 5.91 Å². The highest BCUT2D eigenvalue weighted by atomic mass is 16.5. The van der Waals surface area contributed by atoms with E-state index in [0.29, 0.717) is 12.2 Å². The second-order valence-corrected chi connectivity index (χ2v) is 5.78. The van der Waals surface area contributed by atoms with Crippen LogP contribution in [0.15, 0.2) is 42.5 Å². The Kier molecular flexibility index (Phi) is 6.83. The monoisotopic (exact) mass is 342 g/mol.